The Kier molecular flexibility index (Phi) is 3.22. The highest BCUT2D eigenvalue weighted by Crippen LogP contribution is 2.27. The fraction of sp³-hybridized carbons (Fsp3) is 0.357. The van der Waals surface area contributed by atoms with Gasteiger partial charge in [0.15, 0.2) is 0 Å². The van der Waals surface area contributed by atoms with Crippen molar-refractivity contribution >= 4 is 15.9 Å². The fourth-order valence-corrected chi connectivity index (χ4v) is 2.99. The SMILES string of the molecule is Cn1c(-c2cccc(Br)c2)cnc1C1CCNC1. The van der Waals surface area contributed by atoms with Gasteiger partial charge in [0.25, 0.3) is 0 Å². The summed E-state index contributed by atoms with van der Waals surface area (Å²) in [6.45, 7) is 2.15. The van der Waals surface area contributed by atoms with E-state index in [1.165, 1.54) is 23.5 Å². The molecule has 18 heavy (non-hydrogen) atoms. The number of nitrogens with zero attached hydrogens (tertiary/aromatic N) is 2. The van der Waals surface area contributed by atoms with Crippen LogP contribution in [0.25, 0.3) is 11.3 Å². The molecule has 0 radical (unpaired) electrons. The summed E-state index contributed by atoms with van der Waals surface area (Å²) < 4.78 is 3.32. The Labute approximate surface area is 115 Å². The quantitative estimate of drug-likeness (QED) is 0.924. The van der Waals surface area contributed by atoms with Crippen molar-refractivity contribution in [3.63, 3.8) is 0 Å². The summed E-state index contributed by atoms with van der Waals surface area (Å²) in [7, 11) is 2.11. The lowest BCUT2D eigenvalue weighted by Crippen LogP contribution is -2.11. The Bertz CT molecular complexity index is 556. The van der Waals surface area contributed by atoms with Gasteiger partial charge < -0.3 is 9.88 Å². The smallest absolute Gasteiger partial charge is 0.113 e. The Morgan fingerprint density at radius 1 is 1.44 bits per heavy atom. The second kappa shape index (κ2) is 4.86. The molecule has 0 spiro atoms. The molecule has 94 valence electrons. The van der Waals surface area contributed by atoms with Crippen LogP contribution in [-0.2, 0) is 7.05 Å². The monoisotopic (exact) mass is 305 g/mol. The maximum absolute atomic E-state index is 4.61. The van der Waals surface area contributed by atoms with Crippen LogP contribution in [0, 0.1) is 0 Å². The van der Waals surface area contributed by atoms with Gasteiger partial charge in [0, 0.05) is 29.5 Å². The van der Waals surface area contributed by atoms with E-state index in [4.69, 9.17) is 0 Å². The summed E-state index contributed by atoms with van der Waals surface area (Å²) in [5, 5.41) is 3.40. The zero-order chi connectivity index (χ0) is 12.5. The number of aromatic nitrogens is 2. The van der Waals surface area contributed by atoms with E-state index in [2.05, 4.69) is 56.0 Å². The Balaban J connectivity index is 1.98. The minimum Gasteiger partial charge on any atom is -0.331 e. The van der Waals surface area contributed by atoms with Crippen molar-refractivity contribution < 1.29 is 0 Å². The maximum Gasteiger partial charge on any atom is 0.113 e. The first-order valence-corrected chi connectivity index (χ1v) is 7.03. The summed E-state index contributed by atoms with van der Waals surface area (Å²) in [4.78, 5) is 4.61. The van der Waals surface area contributed by atoms with Crippen LogP contribution in [0.4, 0.5) is 0 Å². The lowest BCUT2D eigenvalue weighted by Gasteiger charge is -2.10. The van der Waals surface area contributed by atoms with Gasteiger partial charge >= 0.3 is 0 Å². The first kappa shape index (κ1) is 11.9. The molecule has 1 fully saturated rings. The third-order valence-electron chi connectivity index (χ3n) is 3.57. The van der Waals surface area contributed by atoms with Crippen LogP contribution in [0.2, 0.25) is 0 Å². The van der Waals surface area contributed by atoms with E-state index in [1.807, 2.05) is 12.3 Å². The Morgan fingerprint density at radius 3 is 3.06 bits per heavy atom. The van der Waals surface area contributed by atoms with E-state index in [0.29, 0.717) is 5.92 Å². The summed E-state index contributed by atoms with van der Waals surface area (Å²) in [5.41, 5.74) is 2.38. The van der Waals surface area contributed by atoms with Gasteiger partial charge in [0.05, 0.1) is 11.9 Å². The number of halogens is 1. The molecular formula is C14H16BrN3. The van der Waals surface area contributed by atoms with Gasteiger partial charge in [-0.3, -0.25) is 0 Å². The molecule has 0 saturated carbocycles. The molecule has 2 heterocycles. The molecule has 1 aromatic heterocycles. The van der Waals surface area contributed by atoms with Gasteiger partial charge in [-0.25, -0.2) is 4.98 Å². The second-order valence-corrected chi connectivity index (χ2v) is 5.68. The molecule has 3 rings (SSSR count). The van der Waals surface area contributed by atoms with Crippen LogP contribution >= 0.6 is 15.9 Å². The first-order chi connectivity index (χ1) is 8.75. The number of nitrogens with one attached hydrogen (secondary N) is 1. The van der Waals surface area contributed by atoms with Crippen molar-refractivity contribution in [3.8, 4) is 11.3 Å². The molecule has 2 aromatic rings. The van der Waals surface area contributed by atoms with E-state index in [9.17, 15) is 0 Å². The average molecular weight is 306 g/mol. The highest BCUT2D eigenvalue weighted by Gasteiger charge is 2.21. The molecule has 3 nitrogen and oxygen atoms in total. The molecule has 0 aliphatic carbocycles. The summed E-state index contributed by atoms with van der Waals surface area (Å²) in [5.74, 6) is 1.74. The van der Waals surface area contributed by atoms with E-state index in [1.54, 1.807) is 0 Å². The third-order valence-corrected chi connectivity index (χ3v) is 4.06. The standard InChI is InChI=1S/C14H16BrN3/c1-18-13(10-3-2-4-12(15)7-10)9-17-14(18)11-5-6-16-8-11/h2-4,7,9,11,16H,5-6,8H2,1H3. The van der Waals surface area contributed by atoms with Gasteiger partial charge in [0.1, 0.15) is 5.82 Å². The molecule has 1 saturated heterocycles. The molecule has 1 aliphatic heterocycles. The van der Waals surface area contributed by atoms with Crippen LogP contribution in [-0.4, -0.2) is 22.6 Å². The van der Waals surface area contributed by atoms with E-state index >= 15 is 0 Å². The van der Waals surface area contributed by atoms with Crippen LogP contribution in [0.3, 0.4) is 0 Å². The molecule has 0 amide bonds. The molecule has 1 atom stereocenters. The number of hydrogen-bond acceptors (Lipinski definition) is 2. The molecule has 0 bridgehead atoms. The number of rotatable bonds is 2. The van der Waals surface area contributed by atoms with E-state index in [0.717, 1.165) is 17.6 Å². The Morgan fingerprint density at radius 2 is 2.33 bits per heavy atom. The topological polar surface area (TPSA) is 29.9 Å². The second-order valence-electron chi connectivity index (χ2n) is 4.76. The van der Waals surface area contributed by atoms with Crippen molar-refractivity contribution in [2.24, 2.45) is 7.05 Å². The van der Waals surface area contributed by atoms with E-state index < -0.39 is 0 Å². The van der Waals surface area contributed by atoms with Crippen LogP contribution < -0.4 is 5.32 Å². The predicted octanol–water partition coefficient (Wildman–Crippen LogP) is 2.93. The lowest BCUT2D eigenvalue weighted by atomic mass is 10.1. The van der Waals surface area contributed by atoms with Crippen molar-refractivity contribution in [2.45, 2.75) is 12.3 Å². The van der Waals surface area contributed by atoms with Gasteiger partial charge in [0.2, 0.25) is 0 Å². The van der Waals surface area contributed by atoms with Crippen molar-refractivity contribution in [1.82, 2.24) is 14.9 Å². The minimum absolute atomic E-state index is 0.552. The van der Waals surface area contributed by atoms with Crippen molar-refractivity contribution in [3.05, 3.63) is 40.8 Å². The van der Waals surface area contributed by atoms with Crippen LogP contribution in [0.15, 0.2) is 34.9 Å². The summed E-state index contributed by atoms with van der Waals surface area (Å²) in [6.07, 6.45) is 3.16. The van der Waals surface area contributed by atoms with Crippen LogP contribution in [0.5, 0.6) is 0 Å². The first-order valence-electron chi connectivity index (χ1n) is 6.24. The zero-order valence-corrected chi connectivity index (χ0v) is 11.9. The highest BCUT2D eigenvalue weighted by atomic mass is 79.9. The lowest BCUT2D eigenvalue weighted by molar-refractivity contribution is 0.662. The fourth-order valence-electron chi connectivity index (χ4n) is 2.59. The largest absolute Gasteiger partial charge is 0.331 e. The van der Waals surface area contributed by atoms with Gasteiger partial charge in [-0.05, 0) is 25.1 Å². The number of imidazole rings is 1. The van der Waals surface area contributed by atoms with Crippen molar-refractivity contribution in [2.75, 3.05) is 13.1 Å². The maximum atomic E-state index is 4.61. The average Bonchev–Trinajstić information content (AvgIpc) is 2.97. The number of hydrogen-bond donors (Lipinski definition) is 1. The molecule has 1 aliphatic rings. The predicted molar refractivity (Wildman–Crippen MR) is 76.6 cm³/mol. The van der Waals surface area contributed by atoms with Gasteiger partial charge in [-0.15, -0.1) is 0 Å². The van der Waals surface area contributed by atoms with Gasteiger partial charge in [-0.1, -0.05) is 28.1 Å². The van der Waals surface area contributed by atoms with Crippen LogP contribution in [0.1, 0.15) is 18.2 Å². The Hall–Kier alpha value is -1.13. The normalized spacial score (nSPS) is 19.3. The zero-order valence-electron chi connectivity index (χ0n) is 10.4. The molecular weight excluding hydrogens is 290 g/mol. The molecule has 1 aromatic carbocycles. The van der Waals surface area contributed by atoms with Crippen molar-refractivity contribution in [1.29, 1.82) is 0 Å². The molecule has 1 unspecified atom stereocenters. The number of benzene rings is 1. The third kappa shape index (κ3) is 2.10. The molecule has 4 heteroatoms. The summed E-state index contributed by atoms with van der Waals surface area (Å²) >= 11 is 3.52. The van der Waals surface area contributed by atoms with E-state index in [-0.39, 0.29) is 0 Å². The van der Waals surface area contributed by atoms with Gasteiger partial charge in [-0.2, -0.15) is 0 Å². The summed E-state index contributed by atoms with van der Waals surface area (Å²) in [6, 6.07) is 8.36. The highest BCUT2D eigenvalue weighted by molar-refractivity contribution is 9.10. The molecule has 1 N–H and O–H groups in total. The minimum atomic E-state index is 0.552.